The summed E-state index contributed by atoms with van der Waals surface area (Å²) in [5.74, 6) is 0.171. The second-order valence-electron chi connectivity index (χ2n) is 8.57. The van der Waals surface area contributed by atoms with Crippen molar-refractivity contribution >= 4 is 32.4 Å². The first kappa shape index (κ1) is 19.5. The van der Waals surface area contributed by atoms with Crippen LogP contribution in [0, 0.1) is 11.3 Å². The number of sulfonamides is 1. The molecule has 1 unspecified atom stereocenters. The van der Waals surface area contributed by atoms with Gasteiger partial charge in [0, 0.05) is 24.5 Å². The summed E-state index contributed by atoms with van der Waals surface area (Å²) in [5.41, 5.74) is 1.41. The van der Waals surface area contributed by atoms with Gasteiger partial charge in [0.2, 0.25) is 0 Å². The van der Waals surface area contributed by atoms with E-state index < -0.39 is 15.9 Å². The van der Waals surface area contributed by atoms with Crippen molar-refractivity contribution in [3.63, 3.8) is 0 Å². The van der Waals surface area contributed by atoms with Crippen molar-refractivity contribution in [2.45, 2.75) is 51.6 Å². The summed E-state index contributed by atoms with van der Waals surface area (Å²) in [7, 11) is -2.06. The highest BCUT2D eigenvalue weighted by molar-refractivity contribution is 7.89. The van der Waals surface area contributed by atoms with Gasteiger partial charge in [-0.3, -0.25) is 14.8 Å². The van der Waals surface area contributed by atoms with E-state index in [1.54, 1.807) is 0 Å². The first-order valence-electron chi connectivity index (χ1n) is 9.40. The van der Waals surface area contributed by atoms with Gasteiger partial charge in [0.1, 0.15) is 0 Å². The van der Waals surface area contributed by atoms with E-state index in [1.165, 1.54) is 38.3 Å². The molecule has 0 bridgehead atoms. The van der Waals surface area contributed by atoms with Crippen molar-refractivity contribution in [1.82, 2.24) is 19.1 Å². The van der Waals surface area contributed by atoms with Gasteiger partial charge in [-0.15, -0.1) is 11.3 Å². The van der Waals surface area contributed by atoms with Crippen molar-refractivity contribution in [2.24, 2.45) is 11.3 Å². The molecule has 0 aromatic carbocycles. The predicted molar refractivity (Wildman–Crippen MR) is 107 cm³/mol. The lowest BCUT2D eigenvalue weighted by molar-refractivity contribution is 0.102. The van der Waals surface area contributed by atoms with Crippen LogP contribution >= 0.6 is 11.3 Å². The molecule has 2 aliphatic rings. The highest BCUT2D eigenvalue weighted by Crippen LogP contribution is 2.40. The maximum absolute atomic E-state index is 12.6. The van der Waals surface area contributed by atoms with E-state index >= 15 is 0 Å². The number of likely N-dealkylation sites (N-methyl/N-ethyl adjacent to an activating group) is 1. The van der Waals surface area contributed by atoms with Crippen LogP contribution in [0.2, 0.25) is 0 Å². The second kappa shape index (κ2) is 6.64. The third kappa shape index (κ3) is 3.37. The van der Waals surface area contributed by atoms with E-state index in [2.05, 4.69) is 36.2 Å². The summed E-state index contributed by atoms with van der Waals surface area (Å²) in [6.07, 6.45) is 3.01. The zero-order chi connectivity index (χ0) is 20.3. The Hall–Kier alpha value is -1.78. The molecular weight excluding hydrogens is 398 g/mol. The fourth-order valence-corrected chi connectivity index (χ4v) is 6.11. The molecule has 4 rings (SSSR count). The number of aryl methyl sites for hydroxylation is 1. The number of hydrogen-bond donors (Lipinski definition) is 1. The molecule has 1 atom stereocenters. The summed E-state index contributed by atoms with van der Waals surface area (Å²) in [5, 5.41) is 7.58. The van der Waals surface area contributed by atoms with Crippen molar-refractivity contribution < 1.29 is 13.2 Å². The topological polar surface area (TPSA) is 97.2 Å². The number of carbonyl (C=O) groups excluding carboxylic acids is 1. The summed E-state index contributed by atoms with van der Waals surface area (Å²) in [6, 6.07) is 1.34. The van der Waals surface area contributed by atoms with Crippen molar-refractivity contribution in [3.05, 3.63) is 22.3 Å². The number of anilines is 1. The van der Waals surface area contributed by atoms with Gasteiger partial charge in [0.25, 0.3) is 15.9 Å². The Morgan fingerprint density at radius 1 is 1.32 bits per heavy atom. The number of nitrogens with one attached hydrogen (secondary N) is 1. The third-order valence-corrected chi connectivity index (χ3v) is 8.56. The molecule has 2 aromatic heterocycles. The minimum Gasteiger partial charge on any atom is -0.296 e. The van der Waals surface area contributed by atoms with Crippen molar-refractivity contribution in [2.75, 3.05) is 18.9 Å². The molecular formula is C18H25N5O3S2. The zero-order valence-corrected chi connectivity index (χ0v) is 18.2. The maximum atomic E-state index is 12.6. The Morgan fingerprint density at radius 3 is 2.79 bits per heavy atom. The van der Waals surface area contributed by atoms with Crippen LogP contribution in [-0.4, -0.2) is 47.0 Å². The SMILES string of the molecule is CN1CCn2nc(C(=O)Nc3nc4c(s3)CC(C(C)(C)C)CC4)cc2S1(=O)=O. The molecule has 0 fully saturated rings. The molecule has 28 heavy (non-hydrogen) atoms. The molecule has 10 heteroatoms. The molecule has 0 radical (unpaired) electrons. The fourth-order valence-electron chi connectivity index (χ4n) is 3.72. The van der Waals surface area contributed by atoms with Crippen LogP contribution in [0.25, 0.3) is 0 Å². The van der Waals surface area contributed by atoms with Crippen LogP contribution in [0.4, 0.5) is 5.13 Å². The van der Waals surface area contributed by atoms with Crippen LogP contribution in [0.5, 0.6) is 0 Å². The van der Waals surface area contributed by atoms with Gasteiger partial charge in [-0.05, 0) is 30.6 Å². The summed E-state index contributed by atoms with van der Waals surface area (Å²) < 4.78 is 27.4. The molecule has 8 nitrogen and oxygen atoms in total. The smallest absolute Gasteiger partial charge is 0.277 e. The lowest BCUT2D eigenvalue weighted by Crippen LogP contribution is -2.37. The molecule has 1 N–H and O–H groups in total. The van der Waals surface area contributed by atoms with E-state index in [4.69, 9.17) is 0 Å². The standard InChI is InChI=1S/C18H25N5O3S2/c1-18(2,3)11-5-6-12-14(9-11)27-17(19-12)20-16(24)13-10-15-23(21-13)8-7-22(4)28(15,25)26/h10-11H,5-9H2,1-4H3,(H,19,20,24). The predicted octanol–water partition coefficient (Wildman–Crippen LogP) is 2.38. The molecule has 0 spiro atoms. The molecule has 152 valence electrons. The summed E-state index contributed by atoms with van der Waals surface area (Å²) in [6.45, 7) is 7.55. The van der Waals surface area contributed by atoms with Gasteiger partial charge in [0.05, 0.1) is 12.2 Å². The Kier molecular flexibility index (Phi) is 4.63. The second-order valence-corrected chi connectivity index (χ2v) is 11.6. The average Bonchev–Trinajstić information content (AvgIpc) is 3.21. The van der Waals surface area contributed by atoms with Crippen molar-refractivity contribution in [3.8, 4) is 0 Å². The van der Waals surface area contributed by atoms with Gasteiger partial charge < -0.3 is 0 Å². The summed E-state index contributed by atoms with van der Waals surface area (Å²) >= 11 is 1.51. The van der Waals surface area contributed by atoms with Crippen LogP contribution < -0.4 is 5.32 Å². The number of aromatic nitrogens is 3. The number of amides is 1. The Labute approximate surface area is 169 Å². The number of carbonyl (C=O) groups is 1. The first-order chi connectivity index (χ1) is 13.1. The highest BCUT2D eigenvalue weighted by atomic mass is 32.2. The van der Waals surface area contributed by atoms with Crippen LogP contribution in [0.3, 0.4) is 0 Å². The van der Waals surface area contributed by atoms with E-state index in [1.807, 2.05) is 0 Å². The molecule has 3 heterocycles. The monoisotopic (exact) mass is 423 g/mol. The number of thiazole rings is 1. The lowest BCUT2D eigenvalue weighted by Gasteiger charge is -2.33. The molecule has 1 aliphatic heterocycles. The minimum atomic E-state index is -3.59. The number of rotatable bonds is 2. The Bertz CT molecular complexity index is 1030. The molecule has 1 aliphatic carbocycles. The third-order valence-electron chi connectivity index (χ3n) is 5.66. The van der Waals surface area contributed by atoms with Gasteiger partial charge in [-0.2, -0.15) is 9.40 Å². The summed E-state index contributed by atoms with van der Waals surface area (Å²) in [4.78, 5) is 18.4. The van der Waals surface area contributed by atoms with Gasteiger partial charge >= 0.3 is 0 Å². The Morgan fingerprint density at radius 2 is 2.07 bits per heavy atom. The van der Waals surface area contributed by atoms with Gasteiger partial charge in [-0.25, -0.2) is 13.4 Å². The first-order valence-corrected chi connectivity index (χ1v) is 11.7. The van der Waals surface area contributed by atoms with E-state index in [9.17, 15) is 13.2 Å². The van der Waals surface area contributed by atoms with Gasteiger partial charge in [-0.1, -0.05) is 20.8 Å². The minimum absolute atomic E-state index is 0.0536. The Balaban J connectivity index is 1.53. The van der Waals surface area contributed by atoms with Crippen LogP contribution in [0.15, 0.2) is 11.1 Å². The zero-order valence-electron chi connectivity index (χ0n) is 16.5. The molecule has 1 amide bonds. The number of hydrogen-bond acceptors (Lipinski definition) is 6. The number of nitrogens with zero attached hydrogens (tertiary/aromatic N) is 4. The quantitative estimate of drug-likeness (QED) is 0.800. The normalized spacial score (nSPS) is 21.8. The van der Waals surface area contributed by atoms with Crippen molar-refractivity contribution in [1.29, 1.82) is 0 Å². The van der Waals surface area contributed by atoms with E-state index in [0.29, 0.717) is 24.1 Å². The molecule has 0 saturated carbocycles. The average molecular weight is 424 g/mol. The largest absolute Gasteiger partial charge is 0.296 e. The molecule has 0 saturated heterocycles. The van der Waals surface area contributed by atoms with Crippen LogP contribution in [0.1, 0.15) is 48.3 Å². The maximum Gasteiger partial charge on any atom is 0.277 e. The van der Waals surface area contributed by atoms with E-state index in [0.717, 1.165) is 25.0 Å². The highest BCUT2D eigenvalue weighted by Gasteiger charge is 2.33. The van der Waals surface area contributed by atoms with Gasteiger partial charge in [0.15, 0.2) is 15.9 Å². The lowest BCUT2D eigenvalue weighted by atomic mass is 9.73. The molecule has 2 aromatic rings. The van der Waals surface area contributed by atoms with Crippen LogP contribution in [-0.2, 0) is 29.4 Å². The van der Waals surface area contributed by atoms with E-state index in [-0.39, 0.29) is 16.1 Å². The number of fused-ring (bicyclic) bond motifs is 2. The fraction of sp³-hybridized carbons (Fsp3) is 0.611.